The third-order valence-electron chi connectivity index (χ3n) is 2.58. The number of rotatable bonds is 3. The summed E-state index contributed by atoms with van der Waals surface area (Å²) >= 11 is 0. The lowest BCUT2D eigenvalue weighted by atomic mass is 9.89. The second kappa shape index (κ2) is 3.92. The van der Waals surface area contributed by atoms with E-state index in [2.05, 4.69) is 15.5 Å². The molecule has 4 nitrogen and oxygen atoms in total. The van der Waals surface area contributed by atoms with Crippen LogP contribution in [0.25, 0.3) is 0 Å². The summed E-state index contributed by atoms with van der Waals surface area (Å²) < 4.78 is 5.20. The van der Waals surface area contributed by atoms with Gasteiger partial charge in [0.2, 0.25) is 0 Å². The predicted octanol–water partition coefficient (Wildman–Crippen LogP) is 1.37. The Balaban J connectivity index is 1.84. The van der Waals surface area contributed by atoms with Crippen molar-refractivity contribution in [2.45, 2.75) is 31.9 Å². The van der Waals surface area contributed by atoms with Gasteiger partial charge in [-0.3, -0.25) is 0 Å². The summed E-state index contributed by atoms with van der Waals surface area (Å²) in [5, 5.41) is 11.4. The van der Waals surface area contributed by atoms with Crippen LogP contribution in [0.5, 0.6) is 0 Å². The molecule has 4 heteroatoms. The first-order chi connectivity index (χ1) is 6.78. The molecule has 0 unspecified atom stereocenters. The van der Waals surface area contributed by atoms with Crippen LogP contribution in [0.3, 0.4) is 0 Å². The third kappa shape index (κ3) is 2.01. The van der Waals surface area contributed by atoms with E-state index < -0.39 is 0 Å². The highest BCUT2D eigenvalue weighted by Gasteiger charge is 2.28. The topological polar surface area (TPSA) is 47.0 Å². The van der Waals surface area contributed by atoms with Gasteiger partial charge in [0.25, 0.3) is 0 Å². The Morgan fingerprint density at radius 3 is 2.71 bits per heavy atom. The van der Waals surface area contributed by atoms with Crippen LogP contribution in [0.4, 0.5) is 5.82 Å². The van der Waals surface area contributed by atoms with Gasteiger partial charge < -0.3 is 10.1 Å². The van der Waals surface area contributed by atoms with Crippen LogP contribution in [0, 0.1) is 6.92 Å². The van der Waals surface area contributed by atoms with Crippen molar-refractivity contribution in [3.63, 3.8) is 0 Å². The number of anilines is 1. The maximum Gasteiger partial charge on any atom is 0.148 e. The molecule has 0 amide bonds. The number of ether oxygens (including phenoxy) is 1. The fourth-order valence-corrected chi connectivity index (χ4v) is 1.56. The van der Waals surface area contributed by atoms with Crippen molar-refractivity contribution >= 4 is 5.82 Å². The highest BCUT2D eigenvalue weighted by atomic mass is 16.5. The van der Waals surface area contributed by atoms with Crippen molar-refractivity contribution in [1.82, 2.24) is 10.2 Å². The molecular weight excluding hydrogens is 178 g/mol. The third-order valence-corrected chi connectivity index (χ3v) is 2.58. The Bertz CT molecular complexity index is 293. The van der Waals surface area contributed by atoms with Crippen LogP contribution in [-0.2, 0) is 4.74 Å². The van der Waals surface area contributed by atoms with Gasteiger partial charge in [0.1, 0.15) is 5.82 Å². The summed E-state index contributed by atoms with van der Waals surface area (Å²) in [6.07, 6.45) is 2.55. The quantitative estimate of drug-likeness (QED) is 0.787. The normalized spacial score (nSPS) is 25.6. The van der Waals surface area contributed by atoms with Gasteiger partial charge in [-0.15, -0.1) is 5.10 Å². The van der Waals surface area contributed by atoms with Gasteiger partial charge in [-0.2, -0.15) is 5.10 Å². The lowest BCUT2D eigenvalue weighted by molar-refractivity contribution is 0.0327. The summed E-state index contributed by atoms with van der Waals surface area (Å²) in [4.78, 5) is 0. The van der Waals surface area contributed by atoms with Crippen molar-refractivity contribution in [2.24, 2.45) is 0 Å². The summed E-state index contributed by atoms with van der Waals surface area (Å²) in [5.74, 6) is 0.857. The molecule has 0 saturated heterocycles. The zero-order valence-corrected chi connectivity index (χ0v) is 8.53. The van der Waals surface area contributed by atoms with E-state index in [9.17, 15) is 0 Å². The summed E-state index contributed by atoms with van der Waals surface area (Å²) in [6.45, 7) is 1.93. The van der Waals surface area contributed by atoms with E-state index in [-0.39, 0.29) is 0 Å². The molecule has 1 aromatic rings. The molecule has 14 heavy (non-hydrogen) atoms. The highest BCUT2D eigenvalue weighted by molar-refractivity contribution is 5.35. The van der Waals surface area contributed by atoms with E-state index >= 15 is 0 Å². The van der Waals surface area contributed by atoms with Crippen molar-refractivity contribution in [2.75, 3.05) is 12.4 Å². The van der Waals surface area contributed by atoms with E-state index in [1.165, 1.54) is 0 Å². The molecule has 0 aromatic carbocycles. The van der Waals surface area contributed by atoms with Gasteiger partial charge in [-0.1, -0.05) is 0 Å². The molecule has 76 valence electrons. The fourth-order valence-electron chi connectivity index (χ4n) is 1.56. The Labute approximate surface area is 83.7 Å². The SMILES string of the molecule is COC1CC(Nc2ccc(C)nn2)C1. The van der Waals surface area contributed by atoms with Gasteiger partial charge in [0.05, 0.1) is 11.8 Å². The number of nitrogens with zero attached hydrogens (tertiary/aromatic N) is 2. The minimum Gasteiger partial charge on any atom is -0.381 e. The minimum atomic E-state index is 0.422. The van der Waals surface area contributed by atoms with Crippen LogP contribution in [0.2, 0.25) is 0 Å². The first kappa shape index (κ1) is 9.40. The van der Waals surface area contributed by atoms with Crippen LogP contribution in [0.15, 0.2) is 12.1 Å². The standard InChI is InChI=1S/C10H15N3O/c1-7-3-4-10(13-12-7)11-8-5-9(6-8)14-2/h3-4,8-9H,5-6H2,1-2H3,(H,11,13). The van der Waals surface area contributed by atoms with Gasteiger partial charge in [0.15, 0.2) is 0 Å². The lowest BCUT2D eigenvalue weighted by Crippen LogP contribution is -2.40. The first-order valence-electron chi connectivity index (χ1n) is 4.87. The molecule has 0 atom stereocenters. The largest absolute Gasteiger partial charge is 0.381 e. The van der Waals surface area contributed by atoms with Crippen LogP contribution >= 0.6 is 0 Å². The molecule has 0 spiro atoms. The Hall–Kier alpha value is -1.16. The Morgan fingerprint density at radius 2 is 2.14 bits per heavy atom. The zero-order chi connectivity index (χ0) is 9.97. The maximum atomic E-state index is 5.20. The monoisotopic (exact) mass is 193 g/mol. The van der Waals surface area contributed by atoms with Crippen molar-refractivity contribution in [1.29, 1.82) is 0 Å². The summed E-state index contributed by atoms with van der Waals surface area (Å²) in [6, 6.07) is 4.42. The number of hydrogen-bond acceptors (Lipinski definition) is 4. The highest BCUT2D eigenvalue weighted by Crippen LogP contribution is 2.25. The number of aryl methyl sites for hydroxylation is 1. The molecule has 1 N–H and O–H groups in total. The second-order valence-electron chi connectivity index (χ2n) is 3.73. The Morgan fingerprint density at radius 1 is 1.36 bits per heavy atom. The molecule has 0 radical (unpaired) electrons. The molecule has 1 saturated carbocycles. The molecule has 1 aliphatic carbocycles. The smallest absolute Gasteiger partial charge is 0.148 e. The molecular formula is C10H15N3O. The first-order valence-corrected chi connectivity index (χ1v) is 4.87. The minimum absolute atomic E-state index is 0.422. The van der Waals surface area contributed by atoms with E-state index in [1.54, 1.807) is 7.11 Å². The van der Waals surface area contributed by atoms with E-state index in [0.717, 1.165) is 24.4 Å². The number of methoxy groups -OCH3 is 1. The molecule has 0 aliphatic heterocycles. The van der Waals surface area contributed by atoms with Crippen molar-refractivity contribution < 1.29 is 4.74 Å². The van der Waals surface area contributed by atoms with Crippen LogP contribution in [0.1, 0.15) is 18.5 Å². The van der Waals surface area contributed by atoms with Crippen molar-refractivity contribution in [3.05, 3.63) is 17.8 Å². The average molecular weight is 193 g/mol. The number of aromatic nitrogens is 2. The zero-order valence-electron chi connectivity index (χ0n) is 8.53. The number of hydrogen-bond donors (Lipinski definition) is 1. The fraction of sp³-hybridized carbons (Fsp3) is 0.600. The molecule has 1 aliphatic rings. The van der Waals surface area contributed by atoms with Gasteiger partial charge >= 0.3 is 0 Å². The van der Waals surface area contributed by atoms with E-state index in [1.807, 2.05) is 19.1 Å². The van der Waals surface area contributed by atoms with Crippen LogP contribution < -0.4 is 5.32 Å². The molecule has 1 aromatic heterocycles. The summed E-state index contributed by atoms with van der Waals surface area (Å²) in [5.41, 5.74) is 0.943. The molecule has 1 fully saturated rings. The summed E-state index contributed by atoms with van der Waals surface area (Å²) in [7, 11) is 1.76. The Kier molecular flexibility index (Phi) is 2.63. The average Bonchev–Trinajstić information content (AvgIpc) is 2.13. The predicted molar refractivity (Wildman–Crippen MR) is 54.2 cm³/mol. The van der Waals surface area contributed by atoms with Gasteiger partial charge in [-0.05, 0) is 31.9 Å². The van der Waals surface area contributed by atoms with Crippen molar-refractivity contribution in [3.8, 4) is 0 Å². The molecule has 2 rings (SSSR count). The van der Waals surface area contributed by atoms with Gasteiger partial charge in [0, 0.05) is 13.2 Å². The molecule has 0 bridgehead atoms. The van der Waals surface area contributed by atoms with Crippen LogP contribution in [-0.4, -0.2) is 29.5 Å². The number of nitrogens with one attached hydrogen (secondary N) is 1. The van der Waals surface area contributed by atoms with E-state index in [0.29, 0.717) is 12.1 Å². The molecule has 1 heterocycles. The maximum absolute atomic E-state index is 5.20. The second-order valence-corrected chi connectivity index (χ2v) is 3.73. The lowest BCUT2D eigenvalue weighted by Gasteiger charge is -2.34. The van der Waals surface area contributed by atoms with E-state index in [4.69, 9.17) is 4.74 Å². The van der Waals surface area contributed by atoms with Gasteiger partial charge in [-0.25, -0.2) is 0 Å².